The van der Waals surface area contributed by atoms with E-state index in [9.17, 15) is 17.6 Å². The number of hydrogen-bond donors (Lipinski definition) is 1. The van der Waals surface area contributed by atoms with Crippen LogP contribution in [0.4, 0.5) is 4.39 Å². The van der Waals surface area contributed by atoms with Crippen LogP contribution in [0, 0.1) is 11.7 Å². The fourth-order valence-corrected chi connectivity index (χ4v) is 3.42. The van der Waals surface area contributed by atoms with E-state index in [2.05, 4.69) is 5.32 Å². The maximum atomic E-state index is 13.1. The van der Waals surface area contributed by atoms with Crippen molar-refractivity contribution < 1.29 is 17.6 Å². The number of halogens is 1. The van der Waals surface area contributed by atoms with Crippen molar-refractivity contribution in [2.75, 3.05) is 6.26 Å². The third kappa shape index (κ3) is 5.67. The summed E-state index contributed by atoms with van der Waals surface area (Å²) >= 11 is 0. The molecule has 0 aromatic heterocycles. The quantitative estimate of drug-likeness (QED) is 0.854. The van der Waals surface area contributed by atoms with E-state index in [1.54, 1.807) is 36.4 Å². The molecule has 0 saturated carbocycles. The van der Waals surface area contributed by atoms with Crippen LogP contribution in [0.25, 0.3) is 0 Å². The van der Waals surface area contributed by atoms with Crippen molar-refractivity contribution >= 4 is 15.7 Å². The molecule has 6 heteroatoms. The van der Waals surface area contributed by atoms with Crippen molar-refractivity contribution in [1.82, 2.24) is 5.32 Å². The molecule has 0 unspecified atom stereocenters. The zero-order chi connectivity index (χ0) is 18.6. The van der Waals surface area contributed by atoms with Crippen LogP contribution in [0.15, 0.2) is 48.5 Å². The number of nitrogens with one attached hydrogen (secondary N) is 1. The van der Waals surface area contributed by atoms with E-state index in [1.807, 2.05) is 13.8 Å². The first kappa shape index (κ1) is 19.1. The molecule has 0 fully saturated rings. The Morgan fingerprint density at radius 1 is 1.12 bits per heavy atom. The summed E-state index contributed by atoms with van der Waals surface area (Å²) in [6.45, 7) is 3.93. The standard InChI is InChI=1S/C19H22FNO3S/c1-13(2)18(15-7-9-17(20)10-8-15)21-19(22)16-6-4-5-14(11-16)12-25(3,23)24/h4-11,13,18H,12H2,1-3H3,(H,21,22)/t18-/m1/s1. The van der Waals surface area contributed by atoms with Crippen molar-refractivity contribution in [2.45, 2.75) is 25.6 Å². The molecule has 2 aromatic rings. The van der Waals surface area contributed by atoms with E-state index >= 15 is 0 Å². The number of hydrogen-bond acceptors (Lipinski definition) is 3. The van der Waals surface area contributed by atoms with Gasteiger partial charge in [-0.1, -0.05) is 38.1 Å². The fourth-order valence-electron chi connectivity index (χ4n) is 2.63. The molecular formula is C19H22FNO3S. The first-order valence-electron chi connectivity index (χ1n) is 7.99. The van der Waals surface area contributed by atoms with Crippen molar-refractivity contribution in [3.05, 3.63) is 71.0 Å². The highest BCUT2D eigenvalue weighted by Gasteiger charge is 2.19. The molecule has 0 heterocycles. The Hall–Kier alpha value is -2.21. The van der Waals surface area contributed by atoms with Crippen molar-refractivity contribution in [3.8, 4) is 0 Å². The lowest BCUT2D eigenvalue weighted by Gasteiger charge is -2.23. The second kappa shape index (κ2) is 7.78. The summed E-state index contributed by atoms with van der Waals surface area (Å²) in [4.78, 5) is 12.6. The van der Waals surface area contributed by atoms with Gasteiger partial charge in [-0.05, 0) is 41.3 Å². The minimum absolute atomic E-state index is 0.105. The van der Waals surface area contributed by atoms with Gasteiger partial charge in [0.25, 0.3) is 5.91 Å². The molecule has 0 aliphatic rings. The van der Waals surface area contributed by atoms with Crippen LogP contribution in [0.1, 0.15) is 41.4 Å². The molecule has 25 heavy (non-hydrogen) atoms. The van der Waals surface area contributed by atoms with Crippen LogP contribution < -0.4 is 5.32 Å². The molecule has 1 amide bonds. The first-order valence-corrected chi connectivity index (χ1v) is 10.0. The van der Waals surface area contributed by atoms with Gasteiger partial charge < -0.3 is 5.32 Å². The van der Waals surface area contributed by atoms with Crippen LogP contribution in [-0.2, 0) is 15.6 Å². The number of sulfone groups is 1. The SMILES string of the molecule is CC(C)[C@@H](NC(=O)c1cccc(CS(C)(=O)=O)c1)c1ccc(F)cc1. The van der Waals surface area contributed by atoms with Gasteiger partial charge in [0.2, 0.25) is 0 Å². The highest BCUT2D eigenvalue weighted by Crippen LogP contribution is 2.22. The van der Waals surface area contributed by atoms with Gasteiger partial charge in [0.1, 0.15) is 5.82 Å². The molecule has 2 aromatic carbocycles. The zero-order valence-corrected chi connectivity index (χ0v) is 15.3. The Bertz CT molecular complexity index is 845. The Morgan fingerprint density at radius 3 is 2.32 bits per heavy atom. The van der Waals surface area contributed by atoms with Crippen LogP contribution >= 0.6 is 0 Å². The van der Waals surface area contributed by atoms with Gasteiger partial charge in [0.15, 0.2) is 9.84 Å². The summed E-state index contributed by atoms with van der Waals surface area (Å²) in [6, 6.07) is 12.3. The smallest absolute Gasteiger partial charge is 0.251 e. The molecule has 0 aliphatic carbocycles. The minimum Gasteiger partial charge on any atom is -0.345 e. The third-order valence-electron chi connectivity index (χ3n) is 3.80. The van der Waals surface area contributed by atoms with Gasteiger partial charge >= 0.3 is 0 Å². The molecule has 0 radical (unpaired) electrons. The maximum absolute atomic E-state index is 13.1. The van der Waals surface area contributed by atoms with E-state index in [0.29, 0.717) is 11.1 Å². The van der Waals surface area contributed by atoms with Crippen LogP contribution in [0.5, 0.6) is 0 Å². The second-order valence-corrected chi connectivity index (χ2v) is 8.66. The summed E-state index contributed by atoms with van der Waals surface area (Å²) in [5, 5.41) is 2.95. The molecule has 0 spiro atoms. The highest BCUT2D eigenvalue weighted by atomic mass is 32.2. The lowest BCUT2D eigenvalue weighted by molar-refractivity contribution is 0.0925. The van der Waals surface area contributed by atoms with Gasteiger partial charge in [-0.2, -0.15) is 0 Å². The molecule has 0 aliphatic heterocycles. The number of carbonyl (C=O) groups excluding carboxylic acids is 1. The van der Waals surface area contributed by atoms with Gasteiger partial charge in [-0.15, -0.1) is 0 Å². The largest absolute Gasteiger partial charge is 0.345 e. The van der Waals surface area contributed by atoms with Gasteiger partial charge in [0.05, 0.1) is 11.8 Å². The fraction of sp³-hybridized carbons (Fsp3) is 0.316. The summed E-state index contributed by atoms with van der Waals surface area (Å²) in [7, 11) is -3.17. The molecule has 2 rings (SSSR count). The van der Waals surface area contributed by atoms with Gasteiger partial charge in [-0.25, -0.2) is 12.8 Å². The molecule has 1 N–H and O–H groups in total. The maximum Gasteiger partial charge on any atom is 0.251 e. The number of carbonyl (C=O) groups is 1. The highest BCUT2D eigenvalue weighted by molar-refractivity contribution is 7.89. The Balaban J connectivity index is 2.21. The lowest BCUT2D eigenvalue weighted by atomic mass is 9.95. The molecule has 0 bridgehead atoms. The van der Waals surface area contributed by atoms with Crippen LogP contribution in [-0.4, -0.2) is 20.6 Å². The molecular weight excluding hydrogens is 341 g/mol. The van der Waals surface area contributed by atoms with Gasteiger partial charge in [-0.3, -0.25) is 4.79 Å². The number of rotatable bonds is 6. The van der Waals surface area contributed by atoms with Crippen molar-refractivity contribution in [1.29, 1.82) is 0 Å². The molecule has 1 atom stereocenters. The Morgan fingerprint density at radius 2 is 1.76 bits per heavy atom. The van der Waals surface area contributed by atoms with Crippen LogP contribution in [0.2, 0.25) is 0 Å². The Labute approximate surface area is 148 Å². The predicted octanol–water partition coefficient (Wildman–Crippen LogP) is 3.50. The monoisotopic (exact) mass is 363 g/mol. The summed E-state index contributed by atoms with van der Waals surface area (Å²) < 4.78 is 36.0. The van der Waals surface area contributed by atoms with E-state index in [4.69, 9.17) is 0 Å². The van der Waals surface area contributed by atoms with E-state index in [0.717, 1.165) is 11.8 Å². The summed E-state index contributed by atoms with van der Waals surface area (Å²) in [5.74, 6) is -0.627. The summed E-state index contributed by atoms with van der Waals surface area (Å²) in [6.07, 6.45) is 1.16. The van der Waals surface area contributed by atoms with E-state index < -0.39 is 9.84 Å². The zero-order valence-electron chi connectivity index (χ0n) is 14.5. The van der Waals surface area contributed by atoms with E-state index in [-0.39, 0.29) is 29.4 Å². The normalized spacial score (nSPS) is 12.8. The average Bonchev–Trinajstić information content (AvgIpc) is 2.52. The topological polar surface area (TPSA) is 63.2 Å². The molecule has 0 saturated heterocycles. The van der Waals surface area contributed by atoms with Crippen LogP contribution in [0.3, 0.4) is 0 Å². The van der Waals surface area contributed by atoms with Gasteiger partial charge in [0, 0.05) is 11.8 Å². The summed E-state index contributed by atoms with van der Waals surface area (Å²) in [5.41, 5.74) is 1.78. The predicted molar refractivity (Wildman–Crippen MR) is 96.4 cm³/mol. The number of benzene rings is 2. The van der Waals surface area contributed by atoms with E-state index in [1.165, 1.54) is 12.1 Å². The lowest BCUT2D eigenvalue weighted by Crippen LogP contribution is -2.31. The molecule has 134 valence electrons. The first-order chi connectivity index (χ1) is 11.7. The molecule has 4 nitrogen and oxygen atoms in total. The average molecular weight is 363 g/mol. The number of amides is 1. The van der Waals surface area contributed by atoms with Crippen molar-refractivity contribution in [3.63, 3.8) is 0 Å². The van der Waals surface area contributed by atoms with Crippen molar-refractivity contribution in [2.24, 2.45) is 5.92 Å². The minimum atomic E-state index is -3.17. The Kier molecular flexibility index (Phi) is 5.95. The third-order valence-corrected chi connectivity index (χ3v) is 4.66. The second-order valence-electron chi connectivity index (χ2n) is 6.52.